The molecule has 0 saturated heterocycles. The first-order valence-corrected chi connectivity index (χ1v) is 6.59. The van der Waals surface area contributed by atoms with E-state index in [1.54, 1.807) is 24.3 Å². The summed E-state index contributed by atoms with van der Waals surface area (Å²) in [5.74, 6) is -0.565. The predicted octanol–water partition coefficient (Wildman–Crippen LogP) is 3.97. The summed E-state index contributed by atoms with van der Waals surface area (Å²) in [5.41, 5.74) is 1.87. The van der Waals surface area contributed by atoms with Crippen LogP contribution in [0.15, 0.2) is 42.5 Å². The lowest BCUT2D eigenvalue weighted by molar-refractivity contribution is 0.0992. The van der Waals surface area contributed by atoms with Crippen molar-refractivity contribution in [1.29, 1.82) is 0 Å². The molecule has 20 heavy (non-hydrogen) atoms. The molecule has 0 spiro atoms. The number of halogens is 2. The molecule has 0 bridgehead atoms. The highest BCUT2D eigenvalue weighted by atomic mass is 35.5. The molecule has 0 aliphatic heterocycles. The number of hydrogen-bond donors (Lipinski definition) is 0. The fourth-order valence-corrected chi connectivity index (χ4v) is 2.06. The van der Waals surface area contributed by atoms with Crippen LogP contribution in [0.1, 0.15) is 15.9 Å². The van der Waals surface area contributed by atoms with E-state index in [4.69, 9.17) is 11.6 Å². The summed E-state index contributed by atoms with van der Waals surface area (Å²) in [4.78, 5) is 14.1. The topological polar surface area (TPSA) is 20.3 Å². The summed E-state index contributed by atoms with van der Waals surface area (Å²) >= 11 is 5.70. The van der Waals surface area contributed by atoms with E-state index in [-0.39, 0.29) is 12.2 Å². The van der Waals surface area contributed by atoms with Crippen molar-refractivity contribution in [3.8, 4) is 0 Å². The Hall–Kier alpha value is -1.87. The van der Waals surface area contributed by atoms with Gasteiger partial charge < -0.3 is 4.90 Å². The number of hydrogen-bond acceptors (Lipinski definition) is 2. The second kappa shape index (κ2) is 6.06. The quantitative estimate of drug-likeness (QED) is 0.795. The molecule has 104 valence electrons. The number of rotatable bonds is 4. The van der Waals surface area contributed by atoms with E-state index in [1.165, 1.54) is 6.07 Å². The van der Waals surface area contributed by atoms with E-state index in [1.807, 2.05) is 31.1 Å². The van der Waals surface area contributed by atoms with Crippen molar-refractivity contribution in [2.45, 2.75) is 6.42 Å². The second-order valence-corrected chi connectivity index (χ2v) is 5.22. The normalized spacial score (nSPS) is 10.4. The van der Waals surface area contributed by atoms with Crippen LogP contribution >= 0.6 is 11.6 Å². The molecule has 2 aromatic rings. The van der Waals surface area contributed by atoms with E-state index in [0.29, 0.717) is 16.1 Å². The highest BCUT2D eigenvalue weighted by Crippen LogP contribution is 2.18. The highest BCUT2D eigenvalue weighted by Gasteiger charge is 2.11. The van der Waals surface area contributed by atoms with Gasteiger partial charge in [-0.3, -0.25) is 4.79 Å². The average Bonchev–Trinajstić information content (AvgIpc) is 2.42. The van der Waals surface area contributed by atoms with E-state index in [9.17, 15) is 9.18 Å². The molecular weight excluding hydrogens is 277 g/mol. The van der Waals surface area contributed by atoms with Crippen LogP contribution in [0.25, 0.3) is 0 Å². The molecular formula is C16H15ClFNO. The van der Waals surface area contributed by atoms with Crippen LogP contribution in [0, 0.1) is 5.82 Å². The Morgan fingerprint density at radius 1 is 1.20 bits per heavy atom. The van der Waals surface area contributed by atoms with Crippen molar-refractivity contribution in [2.75, 3.05) is 19.0 Å². The van der Waals surface area contributed by atoms with E-state index >= 15 is 0 Å². The van der Waals surface area contributed by atoms with Crippen LogP contribution in [0.4, 0.5) is 10.1 Å². The minimum absolute atomic E-state index is 0.0277. The Morgan fingerprint density at radius 2 is 1.95 bits per heavy atom. The van der Waals surface area contributed by atoms with Gasteiger partial charge in [0, 0.05) is 36.8 Å². The molecule has 2 nitrogen and oxygen atoms in total. The lowest BCUT2D eigenvalue weighted by Crippen LogP contribution is -2.10. The molecule has 0 N–H and O–H groups in total. The summed E-state index contributed by atoms with van der Waals surface area (Å²) in [5, 5.41) is 0.327. The lowest BCUT2D eigenvalue weighted by atomic mass is 10.0. The Balaban J connectivity index is 2.21. The molecule has 0 saturated carbocycles. The fraction of sp³-hybridized carbons (Fsp3) is 0.188. The van der Waals surface area contributed by atoms with Gasteiger partial charge in [-0.25, -0.2) is 4.39 Å². The standard InChI is InChI=1S/C16H15ClFNO/c1-19(2)14-5-3-4-12(8-14)16(20)9-11-6-7-13(17)10-15(11)18/h3-8,10H,9H2,1-2H3. The number of Topliss-reactive ketones (excluding diaryl/α,β-unsaturated/α-hetero) is 1. The van der Waals surface area contributed by atoms with Crippen molar-refractivity contribution < 1.29 is 9.18 Å². The molecule has 0 amide bonds. The van der Waals surface area contributed by atoms with Crippen LogP contribution < -0.4 is 4.90 Å². The summed E-state index contributed by atoms with van der Waals surface area (Å²) in [6.07, 6.45) is 0.0277. The largest absolute Gasteiger partial charge is 0.378 e. The lowest BCUT2D eigenvalue weighted by Gasteiger charge is -2.13. The molecule has 0 fully saturated rings. The van der Waals surface area contributed by atoms with Crippen LogP contribution in [0.2, 0.25) is 5.02 Å². The molecule has 2 aromatic carbocycles. The van der Waals surface area contributed by atoms with Crippen LogP contribution in [-0.2, 0) is 6.42 Å². The summed E-state index contributed by atoms with van der Waals surface area (Å²) in [6, 6.07) is 11.6. The van der Waals surface area contributed by atoms with Gasteiger partial charge >= 0.3 is 0 Å². The SMILES string of the molecule is CN(C)c1cccc(C(=O)Cc2ccc(Cl)cc2F)c1. The van der Waals surface area contributed by atoms with Gasteiger partial charge in [-0.15, -0.1) is 0 Å². The van der Waals surface area contributed by atoms with E-state index < -0.39 is 5.82 Å². The molecule has 0 atom stereocenters. The zero-order chi connectivity index (χ0) is 14.7. The minimum Gasteiger partial charge on any atom is -0.378 e. The first-order valence-electron chi connectivity index (χ1n) is 6.22. The van der Waals surface area contributed by atoms with E-state index in [2.05, 4.69) is 0 Å². The number of benzene rings is 2. The van der Waals surface area contributed by atoms with Crippen molar-refractivity contribution in [2.24, 2.45) is 0 Å². The van der Waals surface area contributed by atoms with Gasteiger partial charge in [-0.2, -0.15) is 0 Å². The third-order valence-electron chi connectivity index (χ3n) is 3.05. The Kier molecular flexibility index (Phi) is 4.40. The number of anilines is 1. The smallest absolute Gasteiger partial charge is 0.167 e. The van der Waals surface area contributed by atoms with Gasteiger partial charge in [-0.05, 0) is 29.8 Å². The zero-order valence-electron chi connectivity index (χ0n) is 11.4. The van der Waals surface area contributed by atoms with Gasteiger partial charge in [0.1, 0.15) is 5.82 Å². The maximum atomic E-state index is 13.7. The van der Waals surface area contributed by atoms with Gasteiger partial charge in [0.15, 0.2) is 5.78 Å². The fourth-order valence-electron chi connectivity index (χ4n) is 1.90. The molecule has 0 radical (unpaired) electrons. The van der Waals surface area contributed by atoms with Crippen molar-refractivity contribution >= 4 is 23.1 Å². The van der Waals surface area contributed by atoms with E-state index in [0.717, 1.165) is 5.69 Å². The monoisotopic (exact) mass is 291 g/mol. The minimum atomic E-state index is -0.449. The van der Waals surface area contributed by atoms with Crippen molar-refractivity contribution in [1.82, 2.24) is 0 Å². The first-order chi connectivity index (χ1) is 9.47. The number of ketones is 1. The molecule has 0 aliphatic carbocycles. The zero-order valence-corrected chi connectivity index (χ0v) is 12.1. The average molecular weight is 292 g/mol. The van der Waals surface area contributed by atoms with Crippen molar-refractivity contribution in [3.63, 3.8) is 0 Å². The first kappa shape index (κ1) is 14.5. The number of carbonyl (C=O) groups excluding carboxylic acids is 1. The van der Waals surface area contributed by atoms with Gasteiger partial charge in [0.25, 0.3) is 0 Å². The molecule has 0 heterocycles. The summed E-state index contributed by atoms with van der Waals surface area (Å²) < 4.78 is 13.7. The predicted molar refractivity (Wildman–Crippen MR) is 80.2 cm³/mol. The maximum Gasteiger partial charge on any atom is 0.167 e. The number of carbonyl (C=O) groups is 1. The molecule has 0 aliphatic rings. The third-order valence-corrected chi connectivity index (χ3v) is 3.29. The summed E-state index contributed by atoms with van der Waals surface area (Å²) in [6.45, 7) is 0. The van der Waals surface area contributed by atoms with Gasteiger partial charge in [-0.1, -0.05) is 29.8 Å². The summed E-state index contributed by atoms with van der Waals surface area (Å²) in [7, 11) is 3.81. The van der Waals surface area contributed by atoms with Crippen LogP contribution in [-0.4, -0.2) is 19.9 Å². The highest BCUT2D eigenvalue weighted by molar-refractivity contribution is 6.30. The van der Waals surface area contributed by atoms with Crippen LogP contribution in [0.3, 0.4) is 0 Å². The Morgan fingerprint density at radius 3 is 2.60 bits per heavy atom. The van der Waals surface area contributed by atoms with Crippen molar-refractivity contribution in [3.05, 3.63) is 64.4 Å². The molecule has 0 aromatic heterocycles. The van der Waals surface area contributed by atoms with Gasteiger partial charge in [0.05, 0.1) is 0 Å². The maximum absolute atomic E-state index is 13.7. The number of nitrogens with zero attached hydrogens (tertiary/aromatic N) is 1. The van der Waals surface area contributed by atoms with Crippen LogP contribution in [0.5, 0.6) is 0 Å². The second-order valence-electron chi connectivity index (χ2n) is 4.78. The molecule has 2 rings (SSSR count). The van der Waals surface area contributed by atoms with Gasteiger partial charge in [0.2, 0.25) is 0 Å². The third kappa shape index (κ3) is 3.36. The molecule has 0 unspecified atom stereocenters. The Labute approximate surface area is 122 Å². The molecule has 4 heteroatoms. The Bertz CT molecular complexity index is 640.